The molecular formula is C21H18FN3O5S. The van der Waals surface area contributed by atoms with Crippen molar-refractivity contribution in [2.24, 2.45) is 0 Å². The van der Waals surface area contributed by atoms with Crippen molar-refractivity contribution in [1.82, 2.24) is 0 Å². The minimum atomic E-state index is -3.68. The third kappa shape index (κ3) is 5.64. The fraction of sp³-hybridized carbons (Fsp3) is 0.0952. The fourth-order valence-electron chi connectivity index (χ4n) is 2.79. The van der Waals surface area contributed by atoms with E-state index in [1.54, 1.807) is 24.3 Å². The van der Waals surface area contributed by atoms with Gasteiger partial charge in [-0.3, -0.25) is 14.9 Å². The van der Waals surface area contributed by atoms with Gasteiger partial charge in [-0.2, -0.15) is 0 Å². The van der Waals surface area contributed by atoms with Crippen LogP contribution >= 0.6 is 0 Å². The maximum absolute atomic E-state index is 13.0. The van der Waals surface area contributed by atoms with Gasteiger partial charge in [-0.25, -0.2) is 12.8 Å². The Balaban J connectivity index is 1.69. The molecule has 0 saturated carbocycles. The lowest BCUT2D eigenvalue weighted by Crippen LogP contribution is -2.12. The second-order valence-corrected chi connectivity index (χ2v) is 8.71. The first kappa shape index (κ1) is 21.9. The highest BCUT2D eigenvalue weighted by Gasteiger charge is 2.18. The summed E-state index contributed by atoms with van der Waals surface area (Å²) in [5, 5.41) is 16.6. The number of nitro benzene ring substituents is 1. The smallest absolute Gasteiger partial charge is 0.270 e. The van der Waals surface area contributed by atoms with Gasteiger partial charge in [0.15, 0.2) is 9.84 Å². The Morgan fingerprint density at radius 2 is 1.68 bits per heavy atom. The van der Waals surface area contributed by atoms with Gasteiger partial charge >= 0.3 is 0 Å². The van der Waals surface area contributed by atoms with E-state index in [0.717, 1.165) is 17.9 Å². The quantitative estimate of drug-likeness (QED) is 0.421. The number of nitrogens with one attached hydrogen (secondary N) is 2. The number of nitrogens with zero attached hydrogens (tertiary/aromatic N) is 1. The predicted molar refractivity (Wildman–Crippen MR) is 114 cm³/mol. The summed E-state index contributed by atoms with van der Waals surface area (Å²) in [5.74, 6) is -0.810. The summed E-state index contributed by atoms with van der Waals surface area (Å²) in [5.41, 5.74) is 1.58. The van der Waals surface area contributed by atoms with E-state index in [1.807, 2.05) is 0 Å². The first-order chi connectivity index (χ1) is 14.6. The summed E-state index contributed by atoms with van der Waals surface area (Å²) in [6, 6.07) is 15.6. The SMILES string of the molecule is CS(=O)(=O)c1cc([N+](=O)[O-])ccc1NCc1ccc(NC(=O)c2ccc(F)cc2)cc1. The van der Waals surface area contributed by atoms with Crippen LogP contribution in [0.5, 0.6) is 0 Å². The predicted octanol–water partition coefficient (Wildman–Crippen LogP) is 4.00. The molecule has 0 atom stereocenters. The lowest BCUT2D eigenvalue weighted by molar-refractivity contribution is -0.385. The van der Waals surface area contributed by atoms with Gasteiger partial charge in [0.2, 0.25) is 0 Å². The number of halogens is 1. The maximum Gasteiger partial charge on any atom is 0.270 e. The van der Waals surface area contributed by atoms with Crippen LogP contribution in [0, 0.1) is 15.9 Å². The summed E-state index contributed by atoms with van der Waals surface area (Å²) in [6.07, 6.45) is 0.982. The molecule has 0 spiro atoms. The molecule has 1 amide bonds. The molecule has 0 saturated heterocycles. The van der Waals surface area contributed by atoms with Crippen LogP contribution in [0.25, 0.3) is 0 Å². The van der Waals surface area contributed by atoms with Crippen LogP contribution in [0.15, 0.2) is 71.6 Å². The largest absolute Gasteiger partial charge is 0.380 e. The molecule has 3 rings (SSSR count). The monoisotopic (exact) mass is 443 g/mol. The second kappa shape index (κ2) is 8.92. The maximum atomic E-state index is 13.0. The van der Waals surface area contributed by atoms with Crippen molar-refractivity contribution in [1.29, 1.82) is 0 Å². The molecule has 3 aromatic rings. The van der Waals surface area contributed by atoms with Crippen molar-refractivity contribution in [3.63, 3.8) is 0 Å². The highest BCUT2D eigenvalue weighted by molar-refractivity contribution is 7.90. The molecule has 0 aliphatic carbocycles. The summed E-state index contributed by atoms with van der Waals surface area (Å²) in [6.45, 7) is 0.256. The van der Waals surface area contributed by atoms with Gasteiger partial charge < -0.3 is 10.6 Å². The number of carbonyl (C=O) groups excluding carboxylic acids is 1. The molecule has 2 N–H and O–H groups in total. The average molecular weight is 443 g/mol. The number of benzene rings is 3. The van der Waals surface area contributed by atoms with Crippen LogP contribution in [-0.4, -0.2) is 25.5 Å². The zero-order valence-corrected chi connectivity index (χ0v) is 17.1. The molecule has 160 valence electrons. The van der Waals surface area contributed by atoms with Gasteiger partial charge in [-0.1, -0.05) is 12.1 Å². The van der Waals surface area contributed by atoms with Crippen molar-refractivity contribution < 1.29 is 22.5 Å². The van der Waals surface area contributed by atoms with Gasteiger partial charge in [-0.05, 0) is 48.0 Å². The van der Waals surface area contributed by atoms with Crippen LogP contribution in [0.1, 0.15) is 15.9 Å². The number of nitro groups is 1. The molecule has 0 heterocycles. The minimum Gasteiger partial charge on any atom is -0.380 e. The minimum absolute atomic E-state index is 0.162. The van der Waals surface area contributed by atoms with Gasteiger partial charge in [0, 0.05) is 36.2 Å². The fourth-order valence-corrected chi connectivity index (χ4v) is 3.66. The third-order valence-corrected chi connectivity index (χ3v) is 5.51. The summed E-state index contributed by atoms with van der Waals surface area (Å²) in [4.78, 5) is 22.3. The van der Waals surface area contributed by atoms with Crippen LogP contribution in [0.4, 0.5) is 21.5 Å². The number of rotatable bonds is 7. The lowest BCUT2D eigenvalue weighted by atomic mass is 10.1. The number of carbonyl (C=O) groups is 1. The molecule has 0 aliphatic heterocycles. The van der Waals surface area contributed by atoms with Crippen LogP contribution in [-0.2, 0) is 16.4 Å². The molecular weight excluding hydrogens is 425 g/mol. The highest BCUT2D eigenvalue weighted by atomic mass is 32.2. The van der Waals surface area contributed by atoms with Crippen molar-refractivity contribution in [3.8, 4) is 0 Å². The highest BCUT2D eigenvalue weighted by Crippen LogP contribution is 2.27. The molecule has 8 nitrogen and oxygen atoms in total. The Hall–Kier alpha value is -3.79. The second-order valence-electron chi connectivity index (χ2n) is 6.72. The standard InChI is InChI=1S/C21H18FN3O5S/c1-31(29,30)20-12-18(25(27)28)10-11-19(20)23-13-14-2-8-17(9-3-14)24-21(26)15-4-6-16(22)7-5-15/h2-12,23H,13H2,1H3,(H,24,26). The van der Waals surface area contributed by atoms with Crippen molar-refractivity contribution in [2.75, 3.05) is 16.9 Å². The van der Waals surface area contributed by atoms with E-state index in [1.165, 1.54) is 36.4 Å². The molecule has 0 unspecified atom stereocenters. The molecule has 3 aromatic carbocycles. The normalized spacial score (nSPS) is 11.0. The zero-order chi connectivity index (χ0) is 22.6. The molecule has 0 aliphatic rings. The van der Waals surface area contributed by atoms with E-state index in [2.05, 4.69) is 10.6 Å². The van der Waals surface area contributed by atoms with Gasteiger partial charge in [0.05, 0.1) is 15.5 Å². The van der Waals surface area contributed by atoms with Crippen LogP contribution < -0.4 is 10.6 Å². The number of hydrogen-bond donors (Lipinski definition) is 2. The molecule has 31 heavy (non-hydrogen) atoms. The summed E-state index contributed by atoms with van der Waals surface area (Å²) < 4.78 is 37.0. The van der Waals surface area contributed by atoms with Crippen molar-refractivity contribution >= 4 is 32.8 Å². The molecule has 0 bridgehead atoms. The number of hydrogen-bond acceptors (Lipinski definition) is 6. The van der Waals surface area contributed by atoms with Crippen LogP contribution in [0.3, 0.4) is 0 Å². The Kier molecular flexibility index (Phi) is 6.30. The van der Waals surface area contributed by atoms with Gasteiger partial charge in [-0.15, -0.1) is 0 Å². The average Bonchev–Trinajstić information content (AvgIpc) is 2.73. The zero-order valence-electron chi connectivity index (χ0n) is 16.3. The number of anilines is 2. The van der Waals surface area contributed by atoms with E-state index in [0.29, 0.717) is 11.3 Å². The van der Waals surface area contributed by atoms with E-state index in [-0.39, 0.29) is 28.7 Å². The van der Waals surface area contributed by atoms with E-state index < -0.39 is 20.6 Å². The van der Waals surface area contributed by atoms with Gasteiger partial charge in [0.1, 0.15) is 5.82 Å². The number of non-ortho nitro benzene ring substituents is 1. The van der Waals surface area contributed by atoms with Gasteiger partial charge in [0.25, 0.3) is 11.6 Å². The lowest BCUT2D eigenvalue weighted by Gasteiger charge is -2.12. The summed E-state index contributed by atoms with van der Waals surface area (Å²) >= 11 is 0. The van der Waals surface area contributed by atoms with Crippen LogP contribution in [0.2, 0.25) is 0 Å². The van der Waals surface area contributed by atoms with E-state index >= 15 is 0 Å². The summed E-state index contributed by atoms with van der Waals surface area (Å²) in [7, 11) is -3.68. The van der Waals surface area contributed by atoms with E-state index in [9.17, 15) is 27.7 Å². The van der Waals surface area contributed by atoms with Crippen molar-refractivity contribution in [2.45, 2.75) is 11.4 Å². The topological polar surface area (TPSA) is 118 Å². The molecule has 0 aromatic heterocycles. The first-order valence-electron chi connectivity index (χ1n) is 9.02. The van der Waals surface area contributed by atoms with E-state index in [4.69, 9.17) is 0 Å². The molecule has 10 heteroatoms. The third-order valence-electron chi connectivity index (χ3n) is 4.38. The molecule has 0 fully saturated rings. The Bertz CT molecular complexity index is 1230. The Morgan fingerprint density at radius 1 is 1.03 bits per heavy atom. The number of sulfone groups is 1. The van der Waals surface area contributed by atoms with Crippen molar-refractivity contribution in [3.05, 3.63) is 93.8 Å². The Labute approximate surface area is 177 Å². The first-order valence-corrected chi connectivity index (χ1v) is 10.9. The number of amides is 1. The molecule has 0 radical (unpaired) electrons. The Morgan fingerprint density at radius 3 is 2.26 bits per heavy atom.